The lowest BCUT2D eigenvalue weighted by Gasteiger charge is -2.42. The molecule has 1 heterocycles. The molecule has 1 aliphatic rings. The average Bonchev–Trinajstić information content (AvgIpc) is 2.55. The van der Waals surface area contributed by atoms with Crippen LogP contribution in [0, 0.1) is 5.92 Å². The van der Waals surface area contributed by atoms with Crippen molar-refractivity contribution in [3.8, 4) is 0 Å². The van der Waals surface area contributed by atoms with Crippen LogP contribution < -0.4 is 0 Å². The maximum atomic E-state index is 10.2. The summed E-state index contributed by atoms with van der Waals surface area (Å²) in [6, 6.07) is 0. The van der Waals surface area contributed by atoms with E-state index in [-0.39, 0.29) is 0 Å². The summed E-state index contributed by atoms with van der Waals surface area (Å²) in [7, 11) is 0. The van der Waals surface area contributed by atoms with Gasteiger partial charge in [-0.3, -0.25) is 0 Å². The van der Waals surface area contributed by atoms with Crippen LogP contribution in [0.4, 0.5) is 0 Å². The number of ether oxygens (including phenoxy) is 2. The van der Waals surface area contributed by atoms with Crippen LogP contribution in [0.2, 0.25) is 0 Å². The second-order valence-electron chi connectivity index (χ2n) is 6.24. The molecule has 7 N–H and O–H groups in total. The predicted molar refractivity (Wildman–Crippen MR) is 81.8 cm³/mol. The lowest BCUT2D eigenvalue weighted by molar-refractivity contribution is -0.271. The van der Waals surface area contributed by atoms with Gasteiger partial charge < -0.3 is 45.2 Å². The summed E-state index contributed by atoms with van der Waals surface area (Å²) >= 11 is 0. The zero-order valence-corrected chi connectivity index (χ0v) is 14.0. The topological polar surface area (TPSA) is 160 Å². The molecule has 1 rings (SSSR count). The van der Waals surface area contributed by atoms with Crippen LogP contribution in [0.1, 0.15) is 26.7 Å². The number of hydrogen-bond acceptors (Lipinski definition) is 9. The van der Waals surface area contributed by atoms with Crippen LogP contribution in [0.3, 0.4) is 0 Å². The lowest BCUT2D eigenvalue weighted by atomic mass is 9.94. The van der Waals surface area contributed by atoms with Crippen LogP contribution in [0.5, 0.6) is 0 Å². The number of aliphatic hydroxyl groups is 7. The molecule has 0 bridgehead atoms. The first-order valence-corrected chi connectivity index (χ1v) is 8.19. The minimum absolute atomic E-state index is 0.417. The maximum absolute atomic E-state index is 10.2. The number of hydrogen-bond donors (Lipinski definition) is 7. The molecule has 9 heteroatoms. The molecule has 0 aromatic heterocycles. The van der Waals surface area contributed by atoms with Crippen LogP contribution in [-0.4, -0.2) is 98.0 Å². The van der Waals surface area contributed by atoms with E-state index in [2.05, 4.69) is 0 Å². The molecule has 1 aliphatic heterocycles. The first kappa shape index (κ1) is 21.7. The van der Waals surface area contributed by atoms with E-state index in [1.165, 1.54) is 0 Å². The van der Waals surface area contributed by atoms with Crippen molar-refractivity contribution in [2.24, 2.45) is 5.92 Å². The summed E-state index contributed by atoms with van der Waals surface area (Å²) < 4.78 is 10.7. The lowest BCUT2D eigenvalue weighted by Crippen LogP contribution is -2.58. The zero-order chi connectivity index (χ0) is 18.4. The summed E-state index contributed by atoms with van der Waals surface area (Å²) in [4.78, 5) is 0. The van der Waals surface area contributed by atoms with Crippen LogP contribution in [0.15, 0.2) is 0 Å². The monoisotopic (exact) mass is 354 g/mol. The van der Waals surface area contributed by atoms with Gasteiger partial charge in [0.1, 0.15) is 18.3 Å². The molecule has 24 heavy (non-hydrogen) atoms. The second kappa shape index (κ2) is 9.95. The van der Waals surface area contributed by atoms with E-state index >= 15 is 0 Å². The molecule has 144 valence electrons. The van der Waals surface area contributed by atoms with Crippen molar-refractivity contribution >= 4 is 0 Å². The van der Waals surface area contributed by atoms with Crippen molar-refractivity contribution in [1.29, 1.82) is 0 Å². The van der Waals surface area contributed by atoms with Crippen molar-refractivity contribution in [3.63, 3.8) is 0 Å². The summed E-state index contributed by atoms with van der Waals surface area (Å²) in [6.45, 7) is 2.36. The van der Waals surface area contributed by atoms with Gasteiger partial charge in [-0.15, -0.1) is 0 Å². The molecule has 9 nitrogen and oxygen atoms in total. The average molecular weight is 354 g/mol. The number of aliphatic hydroxyl groups excluding tert-OH is 7. The Bertz CT molecular complexity index is 352. The third-order valence-electron chi connectivity index (χ3n) is 4.43. The highest BCUT2D eigenvalue weighted by molar-refractivity contribution is 4.91. The fourth-order valence-corrected chi connectivity index (χ4v) is 2.79. The van der Waals surface area contributed by atoms with Gasteiger partial charge in [0.15, 0.2) is 6.29 Å². The summed E-state index contributed by atoms with van der Waals surface area (Å²) in [5.74, 6) is -0.948. The summed E-state index contributed by atoms with van der Waals surface area (Å²) in [5, 5.41) is 67.9. The molecule has 0 amide bonds. The van der Waals surface area contributed by atoms with Gasteiger partial charge in [-0.2, -0.15) is 0 Å². The van der Waals surface area contributed by atoms with E-state index in [1.54, 1.807) is 13.8 Å². The van der Waals surface area contributed by atoms with Crippen LogP contribution in [0.25, 0.3) is 0 Å². The Kier molecular flexibility index (Phi) is 8.99. The fraction of sp³-hybridized carbons (Fsp3) is 1.00. The Hall–Kier alpha value is -0.360. The highest BCUT2D eigenvalue weighted by atomic mass is 16.6. The Morgan fingerprint density at radius 1 is 1.04 bits per heavy atom. The molecule has 1 saturated heterocycles. The Balaban J connectivity index is 2.63. The molecule has 0 aromatic carbocycles. The summed E-state index contributed by atoms with van der Waals surface area (Å²) in [5.41, 5.74) is 0. The molecule has 0 spiro atoms. The minimum Gasteiger partial charge on any atom is -0.396 e. The van der Waals surface area contributed by atoms with Crippen LogP contribution in [-0.2, 0) is 9.47 Å². The Labute approximate surface area is 141 Å². The van der Waals surface area contributed by atoms with Gasteiger partial charge in [0.25, 0.3) is 0 Å². The fourth-order valence-electron chi connectivity index (χ4n) is 2.79. The van der Waals surface area contributed by atoms with Crippen molar-refractivity contribution in [3.05, 3.63) is 0 Å². The van der Waals surface area contributed by atoms with Gasteiger partial charge >= 0.3 is 0 Å². The largest absolute Gasteiger partial charge is 0.396 e. The Morgan fingerprint density at radius 3 is 2.12 bits per heavy atom. The van der Waals surface area contributed by atoms with Gasteiger partial charge in [-0.05, 0) is 13.3 Å². The van der Waals surface area contributed by atoms with Gasteiger partial charge in [0.2, 0.25) is 0 Å². The predicted octanol–water partition coefficient (Wildman–Crippen LogP) is -2.68. The van der Waals surface area contributed by atoms with Crippen molar-refractivity contribution in [2.45, 2.75) is 75.7 Å². The van der Waals surface area contributed by atoms with E-state index in [9.17, 15) is 25.5 Å². The van der Waals surface area contributed by atoms with E-state index in [0.29, 0.717) is 6.42 Å². The van der Waals surface area contributed by atoms with Gasteiger partial charge in [0.05, 0.1) is 37.6 Å². The molecule has 8 atom stereocenters. The smallest absolute Gasteiger partial charge is 0.157 e. The van der Waals surface area contributed by atoms with Crippen molar-refractivity contribution < 1.29 is 45.2 Å². The maximum Gasteiger partial charge on any atom is 0.157 e. The minimum atomic E-state index is -1.57. The third kappa shape index (κ3) is 5.32. The quantitative estimate of drug-likeness (QED) is 0.219. The SMILES string of the molecule is CCC1O[C@@H](C)C(O)C(OC(O)CC(O)C(O)C(CO)CO)C1O. The van der Waals surface area contributed by atoms with Gasteiger partial charge in [-0.25, -0.2) is 0 Å². The standard InChI is InChI=1S/C15H30O9/c1-3-10-14(22)15(12(20)7(2)23-10)24-11(19)4-9(18)13(21)8(5-16)6-17/h7-22H,3-6H2,1-2H3/t7-,9?,10?,11?,12?,13?,14?,15?/m0/s1. The van der Waals surface area contributed by atoms with E-state index in [4.69, 9.17) is 19.7 Å². The molecule has 0 saturated carbocycles. The van der Waals surface area contributed by atoms with E-state index in [1.807, 2.05) is 0 Å². The molecule has 0 aliphatic carbocycles. The molecular formula is C15H30O9. The number of rotatable bonds is 9. The molecule has 1 fully saturated rings. The normalized spacial score (nSPS) is 35.0. The molecule has 0 aromatic rings. The van der Waals surface area contributed by atoms with Crippen LogP contribution >= 0.6 is 0 Å². The summed E-state index contributed by atoms with van der Waals surface area (Å²) in [6.07, 6.45) is -8.98. The first-order valence-electron chi connectivity index (χ1n) is 8.19. The highest BCUT2D eigenvalue weighted by Crippen LogP contribution is 2.26. The first-order chi connectivity index (χ1) is 11.3. The van der Waals surface area contributed by atoms with Crippen molar-refractivity contribution in [1.82, 2.24) is 0 Å². The second-order valence-corrected chi connectivity index (χ2v) is 6.24. The Morgan fingerprint density at radius 2 is 1.62 bits per heavy atom. The molecular weight excluding hydrogens is 324 g/mol. The molecule has 0 radical (unpaired) electrons. The molecule has 7 unspecified atom stereocenters. The highest BCUT2D eigenvalue weighted by Gasteiger charge is 2.44. The third-order valence-corrected chi connectivity index (χ3v) is 4.43. The van der Waals surface area contributed by atoms with E-state index < -0.39 is 74.6 Å². The van der Waals surface area contributed by atoms with Gasteiger partial charge in [0, 0.05) is 12.3 Å². The van der Waals surface area contributed by atoms with Crippen molar-refractivity contribution in [2.75, 3.05) is 13.2 Å². The zero-order valence-electron chi connectivity index (χ0n) is 14.0. The van der Waals surface area contributed by atoms with Gasteiger partial charge in [-0.1, -0.05) is 6.92 Å². The van der Waals surface area contributed by atoms with E-state index in [0.717, 1.165) is 0 Å².